The van der Waals surface area contributed by atoms with Crippen molar-refractivity contribution in [3.05, 3.63) is 63.2 Å². The minimum atomic E-state index is -0.618. The van der Waals surface area contributed by atoms with Crippen LogP contribution >= 0.6 is 11.3 Å². The molecule has 3 unspecified atom stereocenters. The summed E-state index contributed by atoms with van der Waals surface area (Å²) in [5, 5.41) is 5.34. The van der Waals surface area contributed by atoms with Gasteiger partial charge in [-0.15, -0.1) is 11.3 Å². The molecule has 3 heterocycles. The Morgan fingerprint density at radius 2 is 1.97 bits per heavy atom. The lowest BCUT2D eigenvalue weighted by atomic mass is 9.91. The van der Waals surface area contributed by atoms with Crippen molar-refractivity contribution in [1.82, 2.24) is 20.4 Å². The molecule has 1 saturated heterocycles. The van der Waals surface area contributed by atoms with Gasteiger partial charge in [-0.25, -0.2) is 4.98 Å². The number of thiazole rings is 1. The van der Waals surface area contributed by atoms with Crippen LogP contribution < -0.4 is 10.9 Å². The van der Waals surface area contributed by atoms with Gasteiger partial charge in [0.2, 0.25) is 11.8 Å². The zero-order chi connectivity index (χ0) is 24.4. The van der Waals surface area contributed by atoms with E-state index in [1.807, 2.05) is 57.5 Å². The van der Waals surface area contributed by atoms with Crippen LogP contribution in [0.1, 0.15) is 62.6 Å². The second kappa shape index (κ2) is 9.97. The number of carbonyl (C=O) groups excluding carboxylic acids is 2. The van der Waals surface area contributed by atoms with E-state index in [4.69, 9.17) is 4.52 Å². The molecule has 180 valence electrons. The first-order valence-electron chi connectivity index (χ1n) is 11.6. The molecule has 4 rings (SSSR count). The van der Waals surface area contributed by atoms with Crippen LogP contribution in [0.4, 0.5) is 0 Å². The van der Waals surface area contributed by atoms with Crippen molar-refractivity contribution in [3.8, 4) is 10.4 Å². The van der Waals surface area contributed by atoms with E-state index >= 15 is 0 Å². The molecular formula is C25H30N4O4S. The highest BCUT2D eigenvalue weighted by Crippen LogP contribution is 2.31. The first kappa shape index (κ1) is 23.9. The molecule has 0 aliphatic carbocycles. The highest BCUT2D eigenvalue weighted by Gasteiger charge is 2.40. The number of H-pyrrole nitrogens is 1. The largest absolute Gasteiger partial charge is 0.383 e. The molecule has 34 heavy (non-hydrogen) atoms. The Labute approximate surface area is 202 Å². The summed E-state index contributed by atoms with van der Waals surface area (Å²) in [5.74, 6) is -0.755. The Morgan fingerprint density at radius 3 is 2.56 bits per heavy atom. The molecule has 3 atom stereocenters. The molecular weight excluding hydrogens is 452 g/mol. The lowest BCUT2D eigenvalue weighted by Gasteiger charge is -2.29. The van der Waals surface area contributed by atoms with Gasteiger partial charge in [0.05, 0.1) is 22.1 Å². The molecule has 0 bridgehead atoms. The van der Waals surface area contributed by atoms with E-state index < -0.39 is 12.0 Å². The van der Waals surface area contributed by atoms with Crippen LogP contribution in [-0.2, 0) is 9.59 Å². The van der Waals surface area contributed by atoms with Crippen LogP contribution in [0.3, 0.4) is 0 Å². The molecule has 1 aliphatic heterocycles. The van der Waals surface area contributed by atoms with Crippen LogP contribution in [0.25, 0.3) is 10.4 Å². The van der Waals surface area contributed by atoms with Gasteiger partial charge in [0.1, 0.15) is 12.0 Å². The molecule has 0 spiro atoms. The Morgan fingerprint density at radius 1 is 1.24 bits per heavy atom. The maximum absolute atomic E-state index is 13.4. The highest BCUT2D eigenvalue weighted by molar-refractivity contribution is 7.13. The maximum atomic E-state index is 13.4. The number of aromatic nitrogens is 2. The molecule has 1 aliphatic rings. The quantitative estimate of drug-likeness (QED) is 0.529. The standard InChI is InChI=1S/C25H30N4O4S/c1-14(2)22(20-12-21(30)28-33-20)25(32)29-11-5-6-19(29)24(31)27-15(3)17-7-9-18(10-8-17)23-16(4)26-13-34-23/h7-10,12-15,19,22H,5-6,11H2,1-4H3,(H,27,31)(H,28,30). The van der Waals surface area contributed by atoms with Crippen molar-refractivity contribution in [2.45, 2.75) is 58.5 Å². The highest BCUT2D eigenvalue weighted by atomic mass is 32.1. The summed E-state index contributed by atoms with van der Waals surface area (Å²) in [6.07, 6.45) is 1.36. The Kier molecular flexibility index (Phi) is 7.02. The SMILES string of the molecule is Cc1ncsc1-c1ccc(C(C)NC(=O)C2CCCN2C(=O)C(c2cc(=O)[nH]o2)C(C)C)cc1. The van der Waals surface area contributed by atoms with Gasteiger partial charge >= 0.3 is 0 Å². The number of hydrogen-bond donors (Lipinski definition) is 2. The van der Waals surface area contributed by atoms with Crippen LogP contribution in [0.15, 0.2) is 45.2 Å². The smallest absolute Gasteiger partial charge is 0.280 e. The minimum absolute atomic E-state index is 0.0876. The number of nitrogens with zero attached hydrogens (tertiary/aromatic N) is 2. The maximum Gasteiger partial charge on any atom is 0.280 e. The third-order valence-corrected chi connectivity index (χ3v) is 7.38. The van der Waals surface area contributed by atoms with E-state index in [1.165, 1.54) is 6.07 Å². The lowest BCUT2D eigenvalue weighted by molar-refractivity contribution is -0.141. The van der Waals surface area contributed by atoms with Crippen LogP contribution in [-0.4, -0.2) is 39.4 Å². The topological polar surface area (TPSA) is 108 Å². The van der Waals surface area contributed by atoms with Crippen LogP contribution in [0.2, 0.25) is 0 Å². The molecule has 1 fully saturated rings. The summed E-state index contributed by atoms with van der Waals surface area (Å²) in [5.41, 5.74) is 4.55. The van der Waals surface area contributed by atoms with Gasteiger partial charge in [0.25, 0.3) is 5.56 Å². The Balaban J connectivity index is 1.45. The average molecular weight is 483 g/mol. The fourth-order valence-corrected chi connectivity index (χ4v) is 5.37. The fourth-order valence-electron chi connectivity index (χ4n) is 4.56. The van der Waals surface area contributed by atoms with Crippen molar-refractivity contribution >= 4 is 23.2 Å². The number of likely N-dealkylation sites (tertiary alicyclic amines) is 1. The van der Waals surface area contributed by atoms with E-state index in [9.17, 15) is 14.4 Å². The minimum Gasteiger partial charge on any atom is -0.383 e. The Bertz CT molecular complexity index is 1210. The van der Waals surface area contributed by atoms with Crippen molar-refractivity contribution < 1.29 is 14.1 Å². The van der Waals surface area contributed by atoms with Crippen molar-refractivity contribution in [2.75, 3.05) is 6.54 Å². The summed E-state index contributed by atoms with van der Waals surface area (Å²) in [6.45, 7) is 8.24. The normalized spacial score (nSPS) is 17.7. The summed E-state index contributed by atoms with van der Waals surface area (Å²) >= 11 is 1.61. The van der Waals surface area contributed by atoms with E-state index in [1.54, 1.807) is 16.2 Å². The molecule has 8 nitrogen and oxygen atoms in total. The van der Waals surface area contributed by atoms with Crippen LogP contribution in [0, 0.1) is 12.8 Å². The van der Waals surface area contributed by atoms with E-state index in [2.05, 4.69) is 15.5 Å². The molecule has 2 aromatic heterocycles. The molecule has 2 N–H and O–H groups in total. The van der Waals surface area contributed by atoms with Gasteiger partial charge in [-0.3, -0.25) is 14.4 Å². The third kappa shape index (κ3) is 4.84. The zero-order valence-corrected chi connectivity index (χ0v) is 20.6. The van der Waals surface area contributed by atoms with Gasteiger partial charge < -0.3 is 14.7 Å². The monoisotopic (exact) mass is 482 g/mol. The summed E-state index contributed by atoms with van der Waals surface area (Å²) in [7, 11) is 0. The summed E-state index contributed by atoms with van der Waals surface area (Å²) < 4.78 is 5.24. The second-order valence-electron chi connectivity index (χ2n) is 9.15. The second-order valence-corrected chi connectivity index (χ2v) is 10.0. The Hall–Kier alpha value is -3.20. The van der Waals surface area contributed by atoms with Gasteiger partial charge in [0, 0.05) is 12.6 Å². The summed E-state index contributed by atoms with van der Waals surface area (Å²) in [4.78, 5) is 45.2. The number of carbonyl (C=O) groups is 2. The molecule has 9 heteroatoms. The number of rotatable bonds is 7. The average Bonchev–Trinajstić information content (AvgIpc) is 3.55. The third-order valence-electron chi connectivity index (χ3n) is 6.40. The lowest BCUT2D eigenvalue weighted by Crippen LogP contribution is -2.48. The van der Waals surface area contributed by atoms with Gasteiger partial charge in [0.15, 0.2) is 5.76 Å². The van der Waals surface area contributed by atoms with Crippen LogP contribution in [0.5, 0.6) is 0 Å². The van der Waals surface area contributed by atoms with E-state index in [-0.39, 0.29) is 29.3 Å². The molecule has 3 aromatic rings. The van der Waals surface area contributed by atoms with Gasteiger partial charge in [-0.2, -0.15) is 5.16 Å². The fraction of sp³-hybridized carbons (Fsp3) is 0.440. The van der Waals surface area contributed by atoms with Gasteiger partial charge in [-0.1, -0.05) is 38.1 Å². The van der Waals surface area contributed by atoms with Crippen molar-refractivity contribution in [3.63, 3.8) is 0 Å². The zero-order valence-electron chi connectivity index (χ0n) is 19.8. The number of aromatic amines is 1. The summed E-state index contributed by atoms with van der Waals surface area (Å²) in [6, 6.07) is 8.68. The first-order valence-corrected chi connectivity index (χ1v) is 12.4. The molecule has 0 radical (unpaired) electrons. The predicted molar refractivity (Wildman–Crippen MR) is 130 cm³/mol. The number of aryl methyl sites for hydroxylation is 1. The molecule has 1 aromatic carbocycles. The number of hydrogen-bond acceptors (Lipinski definition) is 6. The first-order chi connectivity index (χ1) is 16.3. The molecule has 0 saturated carbocycles. The van der Waals surface area contributed by atoms with E-state index in [0.717, 1.165) is 28.1 Å². The number of nitrogens with one attached hydrogen (secondary N) is 2. The van der Waals surface area contributed by atoms with Gasteiger partial charge in [-0.05, 0) is 43.7 Å². The van der Waals surface area contributed by atoms with E-state index in [0.29, 0.717) is 18.7 Å². The number of benzene rings is 1. The molecule has 2 amide bonds. The predicted octanol–water partition coefficient (Wildman–Crippen LogP) is 4.01. The van der Waals surface area contributed by atoms with Crippen molar-refractivity contribution in [2.24, 2.45) is 5.92 Å². The van der Waals surface area contributed by atoms with Crippen molar-refractivity contribution in [1.29, 1.82) is 0 Å². The number of amides is 2.